The molecule has 0 fully saturated rings. The van der Waals surface area contributed by atoms with Crippen molar-refractivity contribution < 1.29 is 9.47 Å². The maximum Gasteiger partial charge on any atom is 0.145 e. The largest absolute Gasteiger partial charge is 0.494 e. The van der Waals surface area contributed by atoms with Crippen molar-refractivity contribution in [1.29, 1.82) is 0 Å². The molecule has 4 rings (SSSR count). The van der Waals surface area contributed by atoms with Gasteiger partial charge in [-0.2, -0.15) is 5.10 Å². The molecule has 2 aromatic heterocycles. The summed E-state index contributed by atoms with van der Waals surface area (Å²) in [5, 5.41) is 7.84. The van der Waals surface area contributed by atoms with E-state index in [4.69, 9.17) is 14.5 Å². The van der Waals surface area contributed by atoms with Crippen LogP contribution in [0.25, 0.3) is 22.3 Å². The molecule has 1 N–H and O–H groups in total. The number of anilines is 2. The number of fused-ring (bicyclic) bond motifs is 1. The normalized spacial score (nSPS) is 11.8. The van der Waals surface area contributed by atoms with Crippen LogP contribution in [0.15, 0.2) is 48.9 Å². The van der Waals surface area contributed by atoms with Crippen LogP contribution in [0.4, 0.5) is 11.4 Å². The van der Waals surface area contributed by atoms with Crippen molar-refractivity contribution in [2.45, 2.75) is 59.6 Å². The van der Waals surface area contributed by atoms with Crippen LogP contribution in [0.3, 0.4) is 0 Å². The molecule has 0 aliphatic heterocycles. The summed E-state index contributed by atoms with van der Waals surface area (Å²) in [4.78, 5) is 11.9. The molecule has 0 aliphatic rings. The molecular formula is C30H40N6O2. The zero-order valence-electron chi connectivity index (χ0n) is 23.9. The Morgan fingerprint density at radius 2 is 1.87 bits per heavy atom. The molecule has 202 valence electrons. The number of nitrogens with zero attached hydrogens (tertiary/aromatic N) is 5. The lowest BCUT2D eigenvalue weighted by atomic mass is 10.1. The van der Waals surface area contributed by atoms with Crippen LogP contribution >= 0.6 is 0 Å². The molecule has 0 aliphatic carbocycles. The Morgan fingerprint density at radius 3 is 2.50 bits per heavy atom. The third kappa shape index (κ3) is 6.42. The summed E-state index contributed by atoms with van der Waals surface area (Å²) in [5.74, 6) is 1.68. The van der Waals surface area contributed by atoms with Gasteiger partial charge in [0.1, 0.15) is 17.1 Å². The summed E-state index contributed by atoms with van der Waals surface area (Å²) < 4.78 is 14.1. The van der Waals surface area contributed by atoms with Crippen LogP contribution in [0, 0.1) is 0 Å². The Labute approximate surface area is 226 Å². The highest BCUT2D eigenvalue weighted by atomic mass is 16.5. The molecule has 2 aromatic carbocycles. The van der Waals surface area contributed by atoms with E-state index in [-0.39, 0.29) is 5.60 Å². The van der Waals surface area contributed by atoms with Gasteiger partial charge in [0.25, 0.3) is 0 Å². The van der Waals surface area contributed by atoms with E-state index in [2.05, 4.69) is 86.1 Å². The molecule has 0 unspecified atom stereocenters. The van der Waals surface area contributed by atoms with Gasteiger partial charge in [-0.15, -0.1) is 0 Å². The van der Waals surface area contributed by atoms with Crippen molar-refractivity contribution in [3.05, 3.63) is 54.5 Å². The van der Waals surface area contributed by atoms with Crippen molar-refractivity contribution in [3.8, 4) is 22.8 Å². The molecular weight excluding hydrogens is 476 g/mol. The Balaban J connectivity index is 1.84. The second-order valence-corrected chi connectivity index (χ2v) is 10.8. The predicted molar refractivity (Wildman–Crippen MR) is 155 cm³/mol. The number of benzene rings is 2. The quantitative estimate of drug-likeness (QED) is 0.281. The van der Waals surface area contributed by atoms with Gasteiger partial charge in [0, 0.05) is 49.7 Å². The number of aryl methyl sites for hydroxylation is 2. The number of aromatic nitrogens is 4. The van der Waals surface area contributed by atoms with Gasteiger partial charge in [-0.1, -0.05) is 20.8 Å². The summed E-state index contributed by atoms with van der Waals surface area (Å²) in [6.45, 7) is 14.2. The van der Waals surface area contributed by atoms with Crippen molar-refractivity contribution in [1.82, 2.24) is 25.1 Å². The van der Waals surface area contributed by atoms with E-state index in [1.807, 2.05) is 19.3 Å². The third-order valence-corrected chi connectivity index (χ3v) is 6.15. The van der Waals surface area contributed by atoms with Crippen LogP contribution in [-0.4, -0.2) is 51.6 Å². The van der Waals surface area contributed by atoms with E-state index in [9.17, 15) is 0 Å². The molecule has 0 amide bonds. The average Bonchev–Trinajstić information content (AvgIpc) is 3.30. The predicted octanol–water partition coefficient (Wildman–Crippen LogP) is 5.91. The zero-order valence-corrected chi connectivity index (χ0v) is 23.9. The first-order valence-electron chi connectivity index (χ1n) is 13.2. The lowest BCUT2D eigenvalue weighted by Gasteiger charge is -2.30. The van der Waals surface area contributed by atoms with Crippen molar-refractivity contribution in [2.24, 2.45) is 7.05 Å². The van der Waals surface area contributed by atoms with Crippen LogP contribution in [0.1, 0.15) is 47.1 Å². The Kier molecular flexibility index (Phi) is 8.21. The van der Waals surface area contributed by atoms with Crippen molar-refractivity contribution in [3.63, 3.8) is 0 Å². The van der Waals surface area contributed by atoms with E-state index in [0.717, 1.165) is 70.2 Å². The molecule has 8 nitrogen and oxygen atoms in total. The molecule has 2 heterocycles. The first-order chi connectivity index (χ1) is 18.1. The second-order valence-electron chi connectivity index (χ2n) is 10.8. The molecule has 38 heavy (non-hydrogen) atoms. The molecule has 0 spiro atoms. The average molecular weight is 517 g/mol. The van der Waals surface area contributed by atoms with Crippen LogP contribution < -0.4 is 19.7 Å². The summed E-state index contributed by atoms with van der Waals surface area (Å²) in [6.07, 6.45) is 6.38. The number of ether oxygens (including phenoxy) is 2. The number of nitrogens with one attached hydrogen (secondary N) is 1. The standard InChI is InChI=1S/C30H40N6O2/c1-9-21-14-24(38-30(4,5)6)16-28(29(21)37-8)36(13-12-31-20(2)3)23-10-11-25-26(15-23)34-27(18-32-25)22-17-33-35(7)19-22/h10-11,14-20,31H,9,12-13H2,1-8H3. The van der Waals surface area contributed by atoms with E-state index in [1.165, 1.54) is 0 Å². The Bertz CT molecular complexity index is 1390. The molecule has 0 atom stereocenters. The third-order valence-electron chi connectivity index (χ3n) is 6.15. The molecule has 0 saturated heterocycles. The fraction of sp³-hybridized carbons (Fsp3) is 0.433. The van der Waals surface area contributed by atoms with Gasteiger partial charge < -0.3 is 19.7 Å². The van der Waals surface area contributed by atoms with Gasteiger partial charge in [0.05, 0.1) is 41.9 Å². The van der Waals surface area contributed by atoms with Gasteiger partial charge in [-0.05, 0) is 57.0 Å². The van der Waals surface area contributed by atoms with Crippen molar-refractivity contribution in [2.75, 3.05) is 25.1 Å². The Morgan fingerprint density at radius 1 is 1.08 bits per heavy atom. The molecule has 8 heteroatoms. The number of hydrogen-bond acceptors (Lipinski definition) is 7. The maximum atomic E-state index is 6.32. The van der Waals surface area contributed by atoms with E-state index in [0.29, 0.717) is 6.04 Å². The van der Waals surface area contributed by atoms with Crippen LogP contribution in [0.5, 0.6) is 11.5 Å². The second kappa shape index (κ2) is 11.4. The van der Waals surface area contributed by atoms with Crippen LogP contribution in [-0.2, 0) is 13.5 Å². The van der Waals surface area contributed by atoms with Crippen molar-refractivity contribution >= 4 is 22.4 Å². The first-order valence-corrected chi connectivity index (χ1v) is 13.2. The topological polar surface area (TPSA) is 77.3 Å². The SMILES string of the molecule is CCc1cc(OC(C)(C)C)cc(N(CCNC(C)C)c2ccc3ncc(-c4cnn(C)c4)nc3c2)c1OC. The van der Waals surface area contributed by atoms with Crippen LogP contribution in [0.2, 0.25) is 0 Å². The number of methoxy groups -OCH3 is 1. The molecule has 0 bridgehead atoms. The zero-order chi connectivity index (χ0) is 27.4. The highest BCUT2D eigenvalue weighted by Crippen LogP contribution is 2.41. The highest BCUT2D eigenvalue weighted by Gasteiger charge is 2.22. The fourth-order valence-corrected chi connectivity index (χ4v) is 4.47. The molecule has 0 radical (unpaired) electrons. The first kappa shape index (κ1) is 27.4. The number of rotatable bonds is 10. The van der Waals surface area contributed by atoms with E-state index in [1.54, 1.807) is 24.2 Å². The van der Waals surface area contributed by atoms with Gasteiger partial charge in [-0.3, -0.25) is 9.67 Å². The van der Waals surface area contributed by atoms with E-state index >= 15 is 0 Å². The molecule has 4 aromatic rings. The number of hydrogen-bond donors (Lipinski definition) is 1. The van der Waals surface area contributed by atoms with Gasteiger partial charge in [-0.25, -0.2) is 4.98 Å². The summed E-state index contributed by atoms with van der Waals surface area (Å²) >= 11 is 0. The van der Waals surface area contributed by atoms with Gasteiger partial charge >= 0.3 is 0 Å². The summed E-state index contributed by atoms with van der Waals surface area (Å²) in [5.41, 5.74) is 6.15. The van der Waals surface area contributed by atoms with E-state index < -0.39 is 0 Å². The smallest absolute Gasteiger partial charge is 0.145 e. The summed E-state index contributed by atoms with van der Waals surface area (Å²) in [7, 11) is 3.63. The minimum absolute atomic E-state index is 0.317. The summed E-state index contributed by atoms with van der Waals surface area (Å²) in [6, 6.07) is 10.8. The van der Waals surface area contributed by atoms with Gasteiger partial charge in [0.15, 0.2) is 0 Å². The fourth-order valence-electron chi connectivity index (χ4n) is 4.47. The lowest BCUT2D eigenvalue weighted by molar-refractivity contribution is 0.131. The van der Waals surface area contributed by atoms with Gasteiger partial charge in [0.2, 0.25) is 0 Å². The molecule has 0 saturated carbocycles. The Hall–Kier alpha value is -3.65. The minimum Gasteiger partial charge on any atom is -0.494 e. The highest BCUT2D eigenvalue weighted by molar-refractivity contribution is 5.83. The maximum absolute atomic E-state index is 6.32. The minimum atomic E-state index is -0.317. The monoisotopic (exact) mass is 516 g/mol. The lowest BCUT2D eigenvalue weighted by Crippen LogP contribution is -2.33.